The fourth-order valence-electron chi connectivity index (χ4n) is 2.16. The molecule has 0 spiro atoms. The summed E-state index contributed by atoms with van der Waals surface area (Å²) in [6.07, 6.45) is 0. The van der Waals surface area contributed by atoms with Gasteiger partial charge in [0, 0.05) is 10.6 Å². The van der Waals surface area contributed by atoms with Crippen LogP contribution in [0.15, 0.2) is 41.8 Å². The van der Waals surface area contributed by atoms with Crippen LogP contribution in [-0.2, 0) is 4.74 Å². The summed E-state index contributed by atoms with van der Waals surface area (Å²) in [5, 5.41) is 5.61. The van der Waals surface area contributed by atoms with Crippen molar-refractivity contribution in [3.63, 3.8) is 0 Å². The molecule has 1 N–H and O–H groups in total. The molecule has 4 heteroatoms. The van der Waals surface area contributed by atoms with Crippen LogP contribution in [0.5, 0.6) is 0 Å². The van der Waals surface area contributed by atoms with Crippen LogP contribution < -0.4 is 5.32 Å². The van der Waals surface area contributed by atoms with Crippen molar-refractivity contribution in [2.24, 2.45) is 5.92 Å². The number of thiophene rings is 1. The van der Waals surface area contributed by atoms with Crippen molar-refractivity contribution in [1.29, 1.82) is 0 Å². The summed E-state index contributed by atoms with van der Waals surface area (Å²) in [6.45, 7) is 6.57. The van der Waals surface area contributed by atoms with Gasteiger partial charge in [0.15, 0.2) is 0 Å². The van der Waals surface area contributed by atoms with E-state index in [1.54, 1.807) is 17.4 Å². The van der Waals surface area contributed by atoms with Crippen LogP contribution in [0.1, 0.15) is 42.0 Å². The van der Waals surface area contributed by atoms with Gasteiger partial charge in [0.25, 0.3) is 0 Å². The zero-order chi connectivity index (χ0) is 15.2. The summed E-state index contributed by atoms with van der Waals surface area (Å²) in [4.78, 5) is 13.1. The van der Waals surface area contributed by atoms with Gasteiger partial charge in [-0.2, -0.15) is 0 Å². The molecule has 1 atom stereocenters. The number of anilines is 1. The van der Waals surface area contributed by atoms with E-state index in [1.165, 1.54) is 4.88 Å². The lowest BCUT2D eigenvalue weighted by molar-refractivity contribution is 0.0526. The Bertz CT molecular complexity index is 578. The van der Waals surface area contributed by atoms with Crippen molar-refractivity contribution in [1.82, 2.24) is 0 Å². The second-order valence-electron chi connectivity index (χ2n) is 5.18. The van der Waals surface area contributed by atoms with E-state index in [-0.39, 0.29) is 12.0 Å². The molecule has 0 radical (unpaired) electrons. The number of hydrogen-bond acceptors (Lipinski definition) is 4. The molecule has 0 aliphatic rings. The average molecular weight is 303 g/mol. The molecule has 2 aromatic rings. The first-order chi connectivity index (χ1) is 10.1. The molecule has 0 saturated heterocycles. The lowest BCUT2D eigenvalue weighted by Gasteiger charge is -2.22. The summed E-state index contributed by atoms with van der Waals surface area (Å²) in [5.41, 5.74) is 1.52. The van der Waals surface area contributed by atoms with Gasteiger partial charge in [-0.15, -0.1) is 11.3 Å². The standard InChI is InChI=1S/C17H21NO2S/c1-4-20-17(19)13-7-5-8-14(11-13)18-16(12(2)3)15-9-6-10-21-15/h5-12,16,18H,4H2,1-3H3. The molecule has 1 unspecified atom stereocenters. The van der Waals surface area contributed by atoms with Gasteiger partial charge in [-0.1, -0.05) is 26.0 Å². The van der Waals surface area contributed by atoms with E-state index < -0.39 is 0 Å². The largest absolute Gasteiger partial charge is 0.462 e. The Balaban J connectivity index is 2.18. The molecular formula is C17H21NO2S. The lowest BCUT2D eigenvalue weighted by atomic mass is 10.0. The van der Waals surface area contributed by atoms with Gasteiger partial charge in [-0.3, -0.25) is 0 Å². The second-order valence-corrected chi connectivity index (χ2v) is 6.16. The van der Waals surface area contributed by atoms with Gasteiger partial charge in [0.2, 0.25) is 0 Å². The number of carbonyl (C=O) groups excluding carboxylic acids is 1. The molecule has 112 valence electrons. The average Bonchev–Trinajstić information content (AvgIpc) is 2.99. The Hall–Kier alpha value is -1.81. The van der Waals surface area contributed by atoms with Crippen molar-refractivity contribution in [2.75, 3.05) is 11.9 Å². The van der Waals surface area contributed by atoms with E-state index in [9.17, 15) is 4.79 Å². The topological polar surface area (TPSA) is 38.3 Å². The van der Waals surface area contributed by atoms with Crippen molar-refractivity contribution in [2.45, 2.75) is 26.8 Å². The van der Waals surface area contributed by atoms with E-state index in [1.807, 2.05) is 25.1 Å². The number of carbonyl (C=O) groups is 1. The Morgan fingerprint density at radius 2 is 2.10 bits per heavy atom. The van der Waals surface area contributed by atoms with Crippen LogP contribution in [0, 0.1) is 5.92 Å². The first kappa shape index (κ1) is 15.6. The third-order valence-corrected chi connectivity index (χ3v) is 4.17. The third-order valence-electron chi connectivity index (χ3n) is 3.21. The molecule has 2 rings (SSSR count). The summed E-state index contributed by atoms with van der Waals surface area (Å²) in [5.74, 6) is 0.174. The Morgan fingerprint density at radius 1 is 1.29 bits per heavy atom. The third kappa shape index (κ3) is 4.08. The minimum Gasteiger partial charge on any atom is -0.462 e. The Morgan fingerprint density at radius 3 is 2.71 bits per heavy atom. The predicted octanol–water partition coefficient (Wildman–Crippen LogP) is 4.73. The van der Waals surface area contributed by atoms with Crippen LogP contribution in [0.4, 0.5) is 5.69 Å². The highest BCUT2D eigenvalue weighted by atomic mass is 32.1. The summed E-state index contributed by atoms with van der Waals surface area (Å²) < 4.78 is 5.04. The number of rotatable bonds is 6. The van der Waals surface area contributed by atoms with Gasteiger partial charge in [0.05, 0.1) is 18.2 Å². The van der Waals surface area contributed by atoms with Gasteiger partial charge >= 0.3 is 5.97 Å². The van der Waals surface area contributed by atoms with Crippen molar-refractivity contribution in [3.05, 3.63) is 52.2 Å². The molecule has 0 amide bonds. The molecule has 1 aromatic heterocycles. The van der Waals surface area contributed by atoms with Crippen LogP contribution in [0.25, 0.3) is 0 Å². The van der Waals surface area contributed by atoms with E-state index in [4.69, 9.17) is 4.74 Å². The molecule has 0 aliphatic heterocycles. The highest BCUT2D eigenvalue weighted by Crippen LogP contribution is 2.29. The van der Waals surface area contributed by atoms with Crippen LogP contribution in [0.3, 0.4) is 0 Å². The quantitative estimate of drug-likeness (QED) is 0.784. The van der Waals surface area contributed by atoms with Gasteiger partial charge in [-0.05, 0) is 42.5 Å². The van der Waals surface area contributed by atoms with Gasteiger partial charge < -0.3 is 10.1 Å². The number of benzene rings is 1. The molecule has 0 bridgehead atoms. The molecular weight excluding hydrogens is 282 g/mol. The second kappa shape index (κ2) is 7.27. The summed E-state index contributed by atoms with van der Waals surface area (Å²) >= 11 is 1.74. The maximum atomic E-state index is 11.8. The molecule has 0 aliphatic carbocycles. The first-order valence-electron chi connectivity index (χ1n) is 7.19. The highest BCUT2D eigenvalue weighted by molar-refractivity contribution is 7.10. The maximum absolute atomic E-state index is 11.8. The zero-order valence-electron chi connectivity index (χ0n) is 12.6. The van der Waals surface area contributed by atoms with E-state index >= 15 is 0 Å². The molecule has 1 aromatic carbocycles. The minimum atomic E-state index is -0.279. The first-order valence-corrected chi connectivity index (χ1v) is 8.07. The molecule has 0 fully saturated rings. The number of ether oxygens (including phenoxy) is 1. The molecule has 0 saturated carbocycles. The van der Waals surface area contributed by atoms with Crippen molar-refractivity contribution >= 4 is 23.0 Å². The van der Waals surface area contributed by atoms with Crippen LogP contribution >= 0.6 is 11.3 Å². The molecule has 21 heavy (non-hydrogen) atoms. The normalized spacial score (nSPS) is 12.2. The van der Waals surface area contributed by atoms with Gasteiger partial charge in [0.1, 0.15) is 0 Å². The van der Waals surface area contributed by atoms with E-state index in [2.05, 4.69) is 36.7 Å². The summed E-state index contributed by atoms with van der Waals surface area (Å²) in [6, 6.07) is 11.9. The van der Waals surface area contributed by atoms with Gasteiger partial charge in [-0.25, -0.2) is 4.79 Å². The highest BCUT2D eigenvalue weighted by Gasteiger charge is 2.17. The lowest BCUT2D eigenvalue weighted by Crippen LogP contribution is -2.16. The number of esters is 1. The zero-order valence-corrected chi connectivity index (χ0v) is 13.4. The van der Waals surface area contributed by atoms with Crippen molar-refractivity contribution in [3.8, 4) is 0 Å². The summed E-state index contributed by atoms with van der Waals surface area (Å²) in [7, 11) is 0. The smallest absolute Gasteiger partial charge is 0.338 e. The fourth-order valence-corrected chi connectivity index (χ4v) is 3.11. The Kier molecular flexibility index (Phi) is 5.39. The minimum absolute atomic E-state index is 0.238. The Labute approximate surface area is 130 Å². The fraction of sp³-hybridized carbons (Fsp3) is 0.353. The van der Waals surface area contributed by atoms with Crippen LogP contribution in [-0.4, -0.2) is 12.6 Å². The predicted molar refractivity (Wildman–Crippen MR) is 87.9 cm³/mol. The van der Waals surface area contributed by atoms with E-state index in [0.717, 1.165) is 5.69 Å². The molecule has 1 heterocycles. The maximum Gasteiger partial charge on any atom is 0.338 e. The SMILES string of the molecule is CCOC(=O)c1cccc(NC(c2cccs2)C(C)C)c1. The van der Waals surface area contributed by atoms with E-state index in [0.29, 0.717) is 18.1 Å². The monoisotopic (exact) mass is 303 g/mol. The number of hydrogen-bond donors (Lipinski definition) is 1. The van der Waals surface area contributed by atoms with Crippen LogP contribution in [0.2, 0.25) is 0 Å². The van der Waals surface area contributed by atoms with Crippen molar-refractivity contribution < 1.29 is 9.53 Å². The number of nitrogens with one attached hydrogen (secondary N) is 1. The molecule has 3 nitrogen and oxygen atoms in total.